The highest BCUT2D eigenvalue weighted by molar-refractivity contribution is 7.93. The molecule has 0 unspecified atom stereocenters. The Labute approximate surface area is 127 Å². The lowest BCUT2D eigenvalue weighted by Gasteiger charge is -2.13. The van der Waals surface area contributed by atoms with Crippen LogP contribution in [0.3, 0.4) is 0 Å². The third-order valence-corrected chi connectivity index (χ3v) is 4.51. The van der Waals surface area contributed by atoms with Gasteiger partial charge in [-0.05, 0) is 24.3 Å². The first-order chi connectivity index (χ1) is 9.45. The average molecular weight is 332 g/mol. The summed E-state index contributed by atoms with van der Waals surface area (Å²) in [5.74, 6) is 0.239. The lowest BCUT2D eigenvalue weighted by atomic mass is 10.3. The van der Waals surface area contributed by atoms with Crippen molar-refractivity contribution in [3.63, 3.8) is 0 Å². The maximum absolute atomic E-state index is 12.4. The fourth-order valence-corrected chi connectivity index (χ4v) is 3.45. The molecule has 1 heterocycles. The quantitative estimate of drug-likeness (QED) is 0.902. The van der Waals surface area contributed by atoms with Crippen molar-refractivity contribution in [3.8, 4) is 0 Å². The van der Waals surface area contributed by atoms with Gasteiger partial charge in [0.2, 0.25) is 0 Å². The standard InChI is InChI=1S/C12H11Cl2N3O2S/c1-15-12-10(6-3-7-16-12)20(18,19)17-11-8(13)4-2-5-9(11)14/h2-7,17H,1H3,(H,15,16). The lowest BCUT2D eigenvalue weighted by molar-refractivity contribution is 0.601. The Morgan fingerprint density at radius 2 is 1.75 bits per heavy atom. The molecule has 0 aliphatic heterocycles. The summed E-state index contributed by atoms with van der Waals surface area (Å²) in [6, 6.07) is 7.70. The van der Waals surface area contributed by atoms with Crippen LogP contribution in [0.15, 0.2) is 41.4 Å². The van der Waals surface area contributed by atoms with E-state index in [1.807, 2.05) is 0 Å². The molecule has 0 aliphatic rings. The molecule has 2 rings (SSSR count). The molecule has 2 N–H and O–H groups in total. The summed E-state index contributed by atoms with van der Waals surface area (Å²) >= 11 is 11.9. The Morgan fingerprint density at radius 1 is 1.10 bits per heavy atom. The number of nitrogens with zero attached hydrogens (tertiary/aromatic N) is 1. The fourth-order valence-electron chi connectivity index (χ4n) is 1.58. The van der Waals surface area contributed by atoms with E-state index in [4.69, 9.17) is 23.2 Å². The summed E-state index contributed by atoms with van der Waals surface area (Å²) in [6.45, 7) is 0. The van der Waals surface area contributed by atoms with Gasteiger partial charge in [-0.3, -0.25) is 4.72 Å². The van der Waals surface area contributed by atoms with Crippen LogP contribution >= 0.6 is 23.2 Å². The number of para-hydroxylation sites is 1. The fraction of sp³-hybridized carbons (Fsp3) is 0.0833. The minimum Gasteiger partial charge on any atom is -0.372 e. The number of nitrogens with one attached hydrogen (secondary N) is 2. The topological polar surface area (TPSA) is 71.1 Å². The van der Waals surface area contributed by atoms with E-state index in [0.717, 1.165) is 0 Å². The number of halogens is 2. The number of hydrogen-bond donors (Lipinski definition) is 2. The van der Waals surface area contributed by atoms with E-state index in [1.54, 1.807) is 25.2 Å². The van der Waals surface area contributed by atoms with Crippen LogP contribution in [0.2, 0.25) is 10.0 Å². The van der Waals surface area contributed by atoms with Crippen molar-refractivity contribution in [1.82, 2.24) is 4.98 Å². The molecule has 0 bridgehead atoms. The molecule has 0 spiro atoms. The molecule has 8 heteroatoms. The first-order valence-electron chi connectivity index (χ1n) is 5.55. The second-order valence-corrected chi connectivity index (χ2v) is 6.27. The number of sulfonamides is 1. The van der Waals surface area contributed by atoms with Gasteiger partial charge >= 0.3 is 0 Å². The number of rotatable bonds is 4. The van der Waals surface area contributed by atoms with Crippen LogP contribution in [-0.4, -0.2) is 20.4 Å². The molecule has 0 atom stereocenters. The zero-order valence-corrected chi connectivity index (χ0v) is 12.7. The van der Waals surface area contributed by atoms with Crippen LogP contribution in [0.4, 0.5) is 11.5 Å². The van der Waals surface area contributed by atoms with Crippen molar-refractivity contribution < 1.29 is 8.42 Å². The predicted octanol–water partition coefficient (Wildman–Crippen LogP) is 3.23. The Morgan fingerprint density at radius 3 is 2.35 bits per heavy atom. The Kier molecular flexibility index (Phi) is 4.37. The first kappa shape index (κ1) is 14.9. The van der Waals surface area contributed by atoms with Crippen LogP contribution in [0, 0.1) is 0 Å². The van der Waals surface area contributed by atoms with E-state index < -0.39 is 10.0 Å². The summed E-state index contributed by atoms with van der Waals surface area (Å²) in [5, 5.41) is 3.16. The predicted molar refractivity (Wildman–Crippen MR) is 81.1 cm³/mol. The zero-order chi connectivity index (χ0) is 14.8. The Balaban J connectivity index is 2.47. The maximum Gasteiger partial charge on any atom is 0.265 e. The highest BCUT2D eigenvalue weighted by atomic mass is 35.5. The van der Waals surface area contributed by atoms with E-state index in [9.17, 15) is 8.42 Å². The number of anilines is 2. The van der Waals surface area contributed by atoms with Gasteiger partial charge in [0.15, 0.2) is 0 Å². The molecule has 2 aromatic rings. The van der Waals surface area contributed by atoms with Gasteiger partial charge in [0, 0.05) is 13.2 Å². The van der Waals surface area contributed by atoms with Crippen molar-refractivity contribution in [1.29, 1.82) is 0 Å². The summed E-state index contributed by atoms with van der Waals surface area (Å²) in [6.07, 6.45) is 1.49. The zero-order valence-electron chi connectivity index (χ0n) is 10.4. The molecule has 0 fully saturated rings. The van der Waals surface area contributed by atoms with Crippen molar-refractivity contribution in [2.75, 3.05) is 17.1 Å². The summed E-state index contributed by atoms with van der Waals surface area (Å²) in [7, 11) is -2.26. The second kappa shape index (κ2) is 5.87. The molecule has 0 saturated carbocycles. The average Bonchev–Trinajstić information content (AvgIpc) is 2.43. The smallest absolute Gasteiger partial charge is 0.265 e. The van der Waals surface area contributed by atoms with E-state index in [1.165, 1.54) is 18.3 Å². The van der Waals surface area contributed by atoms with Gasteiger partial charge in [-0.15, -0.1) is 0 Å². The van der Waals surface area contributed by atoms with E-state index in [-0.39, 0.29) is 26.4 Å². The number of hydrogen-bond acceptors (Lipinski definition) is 4. The molecular formula is C12H11Cl2N3O2S. The van der Waals surface area contributed by atoms with Crippen molar-refractivity contribution in [2.24, 2.45) is 0 Å². The number of benzene rings is 1. The molecule has 0 aliphatic carbocycles. The molecular weight excluding hydrogens is 321 g/mol. The van der Waals surface area contributed by atoms with Crippen molar-refractivity contribution in [2.45, 2.75) is 4.90 Å². The molecule has 1 aromatic heterocycles. The van der Waals surface area contributed by atoms with Gasteiger partial charge in [-0.1, -0.05) is 29.3 Å². The van der Waals surface area contributed by atoms with Crippen LogP contribution in [0.25, 0.3) is 0 Å². The highest BCUT2D eigenvalue weighted by Gasteiger charge is 2.21. The van der Waals surface area contributed by atoms with Gasteiger partial charge in [0.1, 0.15) is 10.7 Å². The van der Waals surface area contributed by atoms with E-state index >= 15 is 0 Å². The van der Waals surface area contributed by atoms with E-state index in [2.05, 4.69) is 15.0 Å². The molecule has 0 radical (unpaired) electrons. The third-order valence-electron chi connectivity index (χ3n) is 2.50. The third kappa shape index (κ3) is 2.98. The van der Waals surface area contributed by atoms with Crippen LogP contribution in [0.1, 0.15) is 0 Å². The maximum atomic E-state index is 12.4. The van der Waals surface area contributed by atoms with Crippen LogP contribution in [0.5, 0.6) is 0 Å². The van der Waals surface area contributed by atoms with Gasteiger partial charge < -0.3 is 5.32 Å². The molecule has 1 aromatic carbocycles. The molecule has 0 amide bonds. The van der Waals surface area contributed by atoms with Gasteiger partial charge in [-0.25, -0.2) is 13.4 Å². The van der Waals surface area contributed by atoms with Crippen LogP contribution in [-0.2, 0) is 10.0 Å². The van der Waals surface area contributed by atoms with Gasteiger partial charge in [0.05, 0.1) is 15.7 Å². The lowest BCUT2D eigenvalue weighted by Crippen LogP contribution is -2.16. The second-order valence-electron chi connectivity index (χ2n) is 3.80. The van der Waals surface area contributed by atoms with E-state index in [0.29, 0.717) is 0 Å². The van der Waals surface area contributed by atoms with Crippen molar-refractivity contribution in [3.05, 3.63) is 46.6 Å². The summed E-state index contributed by atoms with van der Waals surface area (Å²) < 4.78 is 27.1. The molecule has 106 valence electrons. The highest BCUT2D eigenvalue weighted by Crippen LogP contribution is 2.32. The number of aromatic nitrogens is 1. The largest absolute Gasteiger partial charge is 0.372 e. The van der Waals surface area contributed by atoms with Gasteiger partial charge in [0.25, 0.3) is 10.0 Å². The Hall–Kier alpha value is -1.50. The normalized spacial score (nSPS) is 11.2. The minimum absolute atomic E-state index is 0.0125. The first-order valence-corrected chi connectivity index (χ1v) is 7.79. The number of pyridine rings is 1. The monoisotopic (exact) mass is 331 g/mol. The van der Waals surface area contributed by atoms with Crippen LogP contribution < -0.4 is 10.0 Å². The summed E-state index contributed by atoms with van der Waals surface area (Å²) in [4.78, 5) is 3.97. The molecule has 0 saturated heterocycles. The Bertz CT molecular complexity index is 715. The minimum atomic E-state index is -3.84. The van der Waals surface area contributed by atoms with Crippen molar-refractivity contribution >= 4 is 44.7 Å². The molecule has 20 heavy (non-hydrogen) atoms. The summed E-state index contributed by atoms with van der Waals surface area (Å²) in [5.41, 5.74) is 0.140. The SMILES string of the molecule is CNc1ncccc1S(=O)(=O)Nc1c(Cl)cccc1Cl. The molecule has 5 nitrogen and oxygen atoms in total. The van der Waals surface area contributed by atoms with Gasteiger partial charge in [-0.2, -0.15) is 0 Å².